The Morgan fingerprint density at radius 1 is 0.426 bits per heavy atom. The zero-order valence-electron chi connectivity index (χ0n) is 35.9. The summed E-state index contributed by atoms with van der Waals surface area (Å²) in [6, 6.07) is 67.6. The average molecular weight is 789 g/mol. The van der Waals surface area contributed by atoms with Gasteiger partial charge in [-0.25, -0.2) is 0 Å². The van der Waals surface area contributed by atoms with Crippen molar-refractivity contribution in [3.05, 3.63) is 206 Å². The topological polar surface area (TPSA) is 6.48 Å². The van der Waals surface area contributed by atoms with Crippen LogP contribution in [0.15, 0.2) is 200 Å². The lowest BCUT2D eigenvalue weighted by atomic mass is 9.42. The van der Waals surface area contributed by atoms with Gasteiger partial charge in [-0.15, -0.1) is 0 Å². The lowest BCUT2D eigenvalue weighted by Crippen LogP contribution is -2.30. The van der Waals surface area contributed by atoms with Crippen molar-refractivity contribution in [1.29, 1.82) is 0 Å². The summed E-state index contributed by atoms with van der Waals surface area (Å²) in [4.78, 5) is 5.01. The third-order valence-electron chi connectivity index (χ3n) is 14.0. The summed E-state index contributed by atoms with van der Waals surface area (Å²) >= 11 is 0. The van der Waals surface area contributed by atoms with Crippen molar-refractivity contribution >= 4 is 73.4 Å². The second-order valence-electron chi connectivity index (χ2n) is 18.4. The molecule has 1 heterocycles. The Hall–Kier alpha value is -6.58. The number of benzene rings is 8. The van der Waals surface area contributed by atoms with Crippen molar-refractivity contribution in [2.24, 2.45) is 10.8 Å². The molecule has 0 amide bonds. The third-order valence-corrected chi connectivity index (χ3v) is 14.0. The number of fused-ring (bicyclic) bond motifs is 2. The molecule has 298 valence electrons. The summed E-state index contributed by atoms with van der Waals surface area (Å²) in [5.41, 5.74) is 13.7. The number of hydrogen-bond donors (Lipinski definition) is 0. The molecule has 0 spiro atoms. The van der Waals surface area contributed by atoms with E-state index in [9.17, 15) is 0 Å². The standard InChI is InChI=1S/C58H53BN2/c1-57(2)40-59(41-58(57,3)4)48-37-51(60(55-27-15-23-46-21-11-13-25-53(46)55)49-33-29-44(30-34-49)42-17-7-5-8-18-42)39-52(38-48)61(56-28-16-24-47-22-12-14-26-54(47)56)50-35-31-45(32-36-50)43-19-9-6-10-20-43/h5,7-9,11-39H,6,10,40-41H2,1-4H3. The van der Waals surface area contributed by atoms with Gasteiger partial charge in [0.2, 0.25) is 0 Å². The van der Waals surface area contributed by atoms with Gasteiger partial charge >= 0.3 is 0 Å². The molecule has 0 unspecified atom stereocenters. The molecule has 0 N–H and O–H groups in total. The van der Waals surface area contributed by atoms with E-state index in [1.807, 2.05) is 0 Å². The van der Waals surface area contributed by atoms with Gasteiger partial charge in [-0.05, 0) is 111 Å². The fourth-order valence-electron chi connectivity index (χ4n) is 9.93. The third kappa shape index (κ3) is 7.37. The molecule has 2 nitrogen and oxygen atoms in total. The Labute approximate surface area is 362 Å². The van der Waals surface area contributed by atoms with Gasteiger partial charge in [-0.3, -0.25) is 0 Å². The van der Waals surface area contributed by atoms with Crippen LogP contribution in [0.4, 0.5) is 34.1 Å². The molecule has 1 fully saturated rings. The van der Waals surface area contributed by atoms with E-state index in [1.165, 1.54) is 55.0 Å². The van der Waals surface area contributed by atoms with Crippen LogP contribution in [0.25, 0.3) is 38.2 Å². The Morgan fingerprint density at radius 3 is 1.43 bits per heavy atom. The maximum Gasteiger partial charge on any atom is 0.177 e. The Kier molecular flexibility index (Phi) is 10.00. The number of allylic oxidation sites excluding steroid dienone is 4. The summed E-state index contributed by atoms with van der Waals surface area (Å²) in [6.45, 7) is 10.3. The molecule has 61 heavy (non-hydrogen) atoms. The van der Waals surface area contributed by atoms with Crippen molar-refractivity contribution in [3.63, 3.8) is 0 Å². The van der Waals surface area contributed by atoms with E-state index < -0.39 is 0 Å². The summed E-state index contributed by atoms with van der Waals surface area (Å²) in [5.74, 6) is 0. The fourth-order valence-corrected chi connectivity index (χ4v) is 9.93. The van der Waals surface area contributed by atoms with Gasteiger partial charge in [0.15, 0.2) is 6.71 Å². The van der Waals surface area contributed by atoms with Gasteiger partial charge in [-0.2, -0.15) is 0 Å². The summed E-state index contributed by atoms with van der Waals surface area (Å²) in [7, 11) is 0. The minimum atomic E-state index is 0.198. The normalized spacial score (nSPS) is 15.5. The van der Waals surface area contributed by atoms with Gasteiger partial charge in [0.25, 0.3) is 0 Å². The van der Waals surface area contributed by atoms with Crippen LogP contribution >= 0.6 is 0 Å². The van der Waals surface area contributed by atoms with Gasteiger partial charge < -0.3 is 9.80 Å². The molecule has 0 radical (unpaired) electrons. The van der Waals surface area contributed by atoms with Crippen LogP contribution in [0.1, 0.15) is 46.1 Å². The van der Waals surface area contributed by atoms with E-state index in [-0.39, 0.29) is 10.8 Å². The molecule has 1 saturated heterocycles. The van der Waals surface area contributed by atoms with Crippen LogP contribution in [0.3, 0.4) is 0 Å². The predicted molar refractivity (Wildman–Crippen MR) is 265 cm³/mol. The van der Waals surface area contributed by atoms with Gasteiger partial charge in [-0.1, -0.05) is 191 Å². The first-order valence-electron chi connectivity index (χ1n) is 22.1. The van der Waals surface area contributed by atoms with Crippen molar-refractivity contribution in [2.75, 3.05) is 9.80 Å². The molecule has 2 aliphatic rings. The predicted octanol–water partition coefficient (Wildman–Crippen LogP) is 16.1. The Balaban J connectivity index is 1.22. The van der Waals surface area contributed by atoms with Crippen molar-refractivity contribution in [2.45, 2.75) is 53.2 Å². The van der Waals surface area contributed by atoms with Crippen molar-refractivity contribution in [3.8, 4) is 11.1 Å². The summed E-state index contributed by atoms with van der Waals surface area (Å²) in [5, 5.41) is 4.90. The highest BCUT2D eigenvalue weighted by atomic mass is 15.2. The van der Waals surface area contributed by atoms with E-state index in [0.717, 1.165) is 53.9 Å². The highest BCUT2D eigenvalue weighted by molar-refractivity contribution is 6.74. The molecule has 0 aromatic heterocycles. The van der Waals surface area contributed by atoms with E-state index in [0.29, 0.717) is 6.71 Å². The minimum Gasteiger partial charge on any atom is -0.310 e. The molecule has 10 rings (SSSR count). The molecule has 0 bridgehead atoms. The molecule has 0 atom stereocenters. The highest BCUT2D eigenvalue weighted by Crippen LogP contribution is 2.53. The quantitative estimate of drug-likeness (QED) is 0.134. The van der Waals surface area contributed by atoms with Crippen LogP contribution in [-0.4, -0.2) is 6.71 Å². The first kappa shape index (κ1) is 38.6. The largest absolute Gasteiger partial charge is 0.310 e. The maximum atomic E-state index is 2.51. The van der Waals surface area contributed by atoms with Crippen molar-refractivity contribution in [1.82, 2.24) is 0 Å². The van der Waals surface area contributed by atoms with Crippen LogP contribution in [0, 0.1) is 10.8 Å². The molecule has 3 heteroatoms. The second kappa shape index (κ2) is 15.8. The zero-order chi connectivity index (χ0) is 41.6. The number of rotatable bonds is 9. The highest BCUT2D eigenvalue weighted by Gasteiger charge is 2.48. The van der Waals surface area contributed by atoms with E-state index in [2.05, 4.69) is 238 Å². The molecular formula is C58H53BN2. The van der Waals surface area contributed by atoms with Crippen LogP contribution in [0.2, 0.25) is 12.6 Å². The molecule has 0 saturated carbocycles. The number of nitrogens with zero attached hydrogens (tertiary/aromatic N) is 2. The van der Waals surface area contributed by atoms with E-state index >= 15 is 0 Å². The molecule has 8 aromatic carbocycles. The molecule has 8 aromatic rings. The zero-order valence-corrected chi connectivity index (χ0v) is 35.9. The van der Waals surface area contributed by atoms with Gasteiger partial charge in [0, 0.05) is 33.5 Å². The first-order chi connectivity index (χ1) is 29.7. The first-order valence-corrected chi connectivity index (χ1v) is 22.1. The van der Waals surface area contributed by atoms with Crippen LogP contribution in [0.5, 0.6) is 0 Å². The van der Waals surface area contributed by atoms with E-state index in [4.69, 9.17) is 0 Å². The minimum absolute atomic E-state index is 0.198. The number of anilines is 6. The summed E-state index contributed by atoms with van der Waals surface area (Å²) in [6.07, 6.45) is 11.4. The van der Waals surface area contributed by atoms with Crippen LogP contribution in [-0.2, 0) is 0 Å². The molecule has 1 aliphatic carbocycles. The maximum absolute atomic E-state index is 2.51. The summed E-state index contributed by atoms with van der Waals surface area (Å²) < 4.78 is 0. The molecule has 1 aliphatic heterocycles. The lowest BCUT2D eigenvalue weighted by Gasteiger charge is -2.35. The second-order valence-corrected chi connectivity index (χ2v) is 18.4. The van der Waals surface area contributed by atoms with Gasteiger partial charge in [0.05, 0.1) is 11.4 Å². The Bertz CT molecular complexity index is 2900. The van der Waals surface area contributed by atoms with Gasteiger partial charge in [0.1, 0.15) is 0 Å². The smallest absolute Gasteiger partial charge is 0.177 e. The Morgan fingerprint density at radius 2 is 0.902 bits per heavy atom. The van der Waals surface area contributed by atoms with Crippen molar-refractivity contribution < 1.29 is 0 Å². The monoisotopic (exact) mass is 788 g/mol. The van der Waals surface area contributed by atoms with Crippen LogP contribution < -0.4 is 15.3 Å². The number of hydrogen-bond acceptors (Lipinski definition) is 2. The molecular weight excluding hydrogens is 735 g/mol. The average Bonchev–Trinajstić information content (AvgIpc) is 3.53. The van der Waals surface area contributed by atoms with E-state index in [1.54, 1.807) is 0 Å². The SMILES string of the molecule is CC1(C)CB(c2cc(N(c3ccc(C4=CCCC=C4)cc3)c3cccc4ccccc34)cc(N(c3ccc(-c4ccccc4)cc3)c3cccc4ccccc34)c2)CC1(C)C. The lowest BCUT2D eigenvalue weighted by molar-refractivity contribution is 0.177. The fraction of sp³-hybridized carbons (Fsp3) is 0.172.